The number of rotatable bonds is 10. The third-order valence-electron chi connectivity index (χ3n) is 8.15. The van der Waals surface area contributed by atoms with E-state index >= 15 is 0 Å². The predicted molar refractivity (Wildman–Crippen MR) is 153 cm³/mol. The molecule has 5 nitrogen and oxygen atoms in total. The lowest BCUT2D eigenvalue weighted by Gasteiger charge is -2.43. The Morgan fingerprint density at radius 3 is 2.61 bits per heavy atom. The first-order valence-corrected chi connectivity index (χ1v) is 14.0. The molecule has 1 heterocycles. The van der Waals surface area contributed by atoms with Crippen molar-refractivity contribution in [3.63, 3.8) is 0 Å². The average Bonchev–Trinajstić information content (AvgIpc) is 3.37. The summed E-state index contributed by atoms with van der Waals surface area (Å²) < 4.78 is 15.3. The van der Waals surface area contributed by atoms with Crippen molar-refractivity contribution in [1.29, 1.82) is 0 Å². The van der Waals surface area contributed by atoms with Gasteiger partial charge in [0.25, 0.3) is 0 Å². The van der Waals surface area contributed by atoms with Gasteiger partial charge in [0.15, 0.2) is 0 Å². The zero-order valence-corrected chi connectivity index (χ0v) is 23.8. The van der Waals surface area contributed by atoms with Crippen LogP contribution in [0, 0.1) is 5.41 Å². The number of alkyl halides is 1. The highest BCUT2D eigenvalue weighted by Crippen LogP contribution is 2.47. The molecule has 1 atom stereocenters. The van der Waals surface area contributed by atoms with Crippen molar-refractivity contribution in [2.75, 3.05) is 0 Å². The maximum absolute atomic E-state index is 13.3. The van der Waals surface area contributed by atoms with Crippen LogP contribution < -0.4 is 5.32 Å². The number of carbonyl (C=O) groups is 1. The van der Waals surface area contributed by atoms with E-state index in [1.54, 1.807) is 12.3 Å². The molecule has 3 rings (SSSR count). The normalized spacial score (nSPS) is 26.9. The maximum atomic E-state index is 13.3. The highest BCUT2D eigenvalue weighted by atomic mass is 19.1. The van der Waals surface area contributed by atoms with Crippen LogP contribution in [0.5, 0.6) is 0 Å². The van der Waals surface area contributed by atoms with E-state index < -0.39 is 11.8 Å². The van der Waals surface area contributed by atoms with E-state index in [-0.39, 0.29) is 17.4 Å². The molecule has 2 aliphatic carbocycles. The Labute approximate surface area is 228 Å². The second-order valence-corrected chi connectivity index (χ2v) is 11.8. The Morgan fingerprint density at radius 1 is 1.18 bits per heavy atom. The van der Waals surface area contributed by atoms with Crippen LogP contribution in [-0.4, -0.2) is 38.4 Å². The van der Waals surface area contributed by atoms with E-state index in [0.29, 0.717) is 25.7 Å². The lowest BCUT2D eigenvalue weighted by atomic mass is 9.66. The SMILES string of the molecule is CC1=C(/C=C/C(C)=C/C=C/C(C)=C/C(=O)NC2CCC(F)CC2)C(C)(C)CCC1(O)CCCn1ccnc1. The van der Waals surface area contributed by atoms with Crippen LogP contribution in [0.25, 0.3) is 0 Å². The fourth-order valence-electron chi connectivity index (χ4n) is 5.55. The summed E-state index contributed by atoms with van der Waals surface area (Å²) in [6.07, 6.45) is 22.4. The number of aliphatic hydroxyl groups is 1. The lowest BCUT2D eigenvalue weighted by molar-refractivity contribution is -0.117. The molecule has 0 spiro atoms. The number of nitrogens with zero attached hydrogens (tertiary/aromatic N) is 2. The highest BCUT2D eigenvalue weighted by molar-refractivity contribution is 5.88. The zero-order chi connectivity index (χ0) is 27.8. The standard InChI is InChI=1S/C32H46FN3O2/c1-24(8-6-9-25(2)22-30(37)35-28-13-11-27(33)12-14-28)10-15-29-26(3)32(38,18-17-31(29,4)5)16-7-20-36-21-19-34-23-36/h6,8-10,15,19,21-23,27-28,38H,7,11-14,16-18,20H2,1-5H3,(H,35,37)/b9-6+,15-10+,24-8+,25-22+. The molecule has 0 aliphatic heterocycles. The van der Waals surface area contributed by atoms with E-state index in [2.05, 4.69) is 54.7 Å². The summed E-state index contributed by atoms with van der Waals surface area (Å²) in [7, 11) is 0. The molecule has 0 radical (unpaired) electrons. The number of imidazole rings is 1. The van der Waals surface area contributed by atoms with E-state index in [1.807, 2.05) is 37.7 Å². The quantitative estimate of drug-likeness (QED) is 0.258. The molecule has 1 unspecified atom stereocenters. The third kappa shape index (κ3) is 8.65. The minimum absolute atomic E-state index is 0.00339. The summed E-state index contributed by atoms with van der Waals surface area (Å²) in [5, 5.41) is 14.5. The molecule has 0 aromatic carbocycles. The highest BCUT2D eigenvalue weighted by Gasteiger charge is 2.40. The van der Waals surface area contributed by atoms with Crippen molar-refractivity contribution < 1.29 is 14.3 Å². The molecule has 2 N–H and O–H groups in total. The molecular weight excluding hydrogens is 477 g/mol. The fraction of sp³-hybridized carbons (Fsp3) is 0.562. The Kier molecular flexibility index (Phi) is 10.5. The van der Waals surface area contributed by atoms with Gasteiger partial charge in [0.2, 0.25) is 5.91 Å². The molecule has 6 heteroatoms. The molecule has 1 fully saturated rings. The summed E-state index contributed by atoms with van der Waals surface area (Å²) in [6, 6.07) is 0.0750. The van der Waals surface area contributed by atoms with Gasteiger partial charge in [-0.25, -0.2) is 9.37 Å². The van der Waals surface area contributed by atoms with Crippen molar-refractivity contribution in [1.82, 2.24) is 14.9 Å². The number of carbonyl (C=O) groups excluding carboxylic acids is 1. The molecule has 208 valence electrons. The second-order valence-electron chi connectivity index (χ2n) is 11.8. The third-order valence-corrected chi connectivity index (χ3v) is 8.15. The van der Waals surface area contributed by atoms with E-state index in [9.17, 15) is 14.3 Å². The van der Waals surface area contributed by atoms with Gasteiger partial charge in [-0.15, -0.1) is 0 Å². The first-order chi connectivity index (χ1) is 18.0. The smallest absolute Gasteiger partial charge is 0.244 e. The largest absolute Gasteiger partial charge is 0.386 e. The first kappa shape index (κ1) is 29.8. The number of hydrogen-bond acceptors (Lipinski definition) is 3. The van der Waals surface area contributed by atoms with Gasteiger partial charge in [-0.3, -0.25) is 4.79 Å². The van der Waals surface area contributed by atoms with Crippen LogP contribution in [0.1, 0.15) is 86.0 Å². The van der Waals surface area contributed by atoms with Gasteiger partial charge >= 0.3 is 0 Å². The number of amides is 1. The fourth-order valence-corrected chi connectivity index (χ4v) is 5.55. The van der Waals surface area contributed by atoms with Crippen molar-refractivity contribution >= 4 is 5.91 Å². The molecular formula is C32H46FN3O2. The number of nitrogens with one attached hydrogen (secondary N) is 1. The summed E-state index contributed by atoms with van der Waals surface area (Å²) in [4.78, 5) is 16.4. The van der Waals surface area contributed by atoms with Gasteiger partial charge in [0, 0.05) is 31.1 Å². The number of aryl methyl sites for hydroxylation is 1. The molecule has 1 aromatic heterocycles. The number of hydrogen-bond donors (Lipinski definition) is 2. The maximum Gasteiger partial charge on any atom is 0.244 e. The second kappa shape index (κ2) is 13.4. The Bertz CT molecular complexity index is 1090. The summed E-state index contributed by atoms with van der Waals surface area (Å²) in [6.45, 7) is 11.4. The first-order valence-electron chi connectivity index (χ1n) is 14.0. The predicted octanol–water partition coefficient (Wildman–Crippen LogP) is 6.93. The van der Waals surface area contributed by atoms with Gasteiger partial charge < -0.3 is 15.0 Å². The Balaban J connectivity index is 1.59. The van der Waals surface area contributed by atoms with Crippen molar-refractivity contribution in [2.24, 2.45) is 5.41 Å². The Hall–Kier alpha value is -2.73. The molecule has 1 amide bonds. The summed E-state index contributed by atoms with van der Waals surface area (Å²) >= 11 is 0. The van der Waals surface area contributed by atoms with Gasteiger partial charge in [-0.2, -0.15) is 0 Å². The van der Waals surface area contributed by atoms with Crippen LogP contribution in [0.3, 0.4) is 0 Å². The van der Waals surface area contributed by atoms with Crippen LogP contribution >= 0.6 is 0 Å². The van der Waals surface area contributed by atoms with Gasteiger partial charge in [0.05, 0.1) is 11.9 Å². The van der Waals surface area contributed by atoms with E-state index in [1.165, 1.54) is 5.57 Å². The van der Waals surface area contributed by atoms with Crippen molar-refractivity contribution in [3.05, 3.63) is 77.5 Å². The summed E-state index contributed by atoms with van der Waals surface area (Å²) in [5.74, 6) is -0.116. The molecule has 1 saturated carbocycles. The molecule has 1 aromatic rings. The number of allylic oxidation sites excluding steroid dienone is 8. The number of halogens is 1. The topological polar surface area (TPSA) is 67.2 Å². The monoisotopic (exact) mass is 523 g/mol. The average molecular weight is 524 g/mol. The Morgan fingerprint density at radius 2 is 1.92 bits per heavy atom. The number of aromatic nitrogens is 2. The van der Waals surface area contributed by atoms with Crippen LogP contribution in [0.2, 0.25) is 0 Å². The molecule has 2 aliphatic rings. The minimum atomic E-state index is -0.777. The van der Waals surface area contributed by atoms with E-state index in [4.69, 9.17) is 0 Å². The van der Waals surface area contributed by atoms with Gasteiger partial charge in [0.1, 0.15) is 6.17 Å². The van der Waals surface area contributed by atoms with E-state index in [0.717, 1.165) is 48.9 Å². The molecule has 38 heavy (non-hydrogen) atoms. The molecule has 0 saturated heterocycles. The van der Waals surface area contributed by atoms with Crippen molar-refractivity contribution in [2.45, 2.75) is 110 Å². The molecule has 0 bridgehead atoms. The van der Waals surface area contributed by atoms with Crippen LogP contribution in [-0.2, 0) is 11.3 Å². The minimum Gasteiger partial charge on any atom is -0.386 e. The van der Waals surface area contributed by atoms with Crippen LogP contribution in [0.4, 0.5) is 4.39 Å². The summed E-state index contributed by atoms with van der Waals surface area (Å²) in [5.41, 5.74) is 3.46. The zero-order valence-electron chi connectivity index (χ0n) is 23.8. The van der Waals surface area contributed by atoms with Crippen molar-refractivity contribution in [3.8, 4) is 0 Å². The lowest BCUT2D eigenvalue weighted by Crippen LogP contribution is -2.39. The van der Waals surface area contributed by atoms with Gasteiger partial charge in [-0.05, 0) is 94.3 Å². The van der Waals surface area contributed by atoms with Gasteiger partial charge in [-0.1, -0.05) is 49.8 Å². The van der Waals surface area contributed by atoms with Crippen LogP contribution in [0.15, 0.2) is 77.5 Å².